The van der Waals surface area contributed by atoms with Crippen molar-refractivity contribution in [2.45, 2.75) is 13.1 Å². The minimum absolute atomic E-state index is 1.21. The van der Waals surface area contributed by atoms with Crippen LogP contribution in [-0.2, 0) is 6.32 Å². The van der Waals surface area contributed by atoms with Crippen LogP contribution in [0, 0.1) is 0 Å². The summed E-state index contributed by atoms with van der Waals surface area (Å²) in [7, 11) is 3.41. The molecule has 1 aromatic rings. The fourth-order valence-electron chi connectivity index (χ4n) is 1.16. The van der Waals surface area contributed by atoms with Gasteiger partial charge in [-0.3, -0.25) is 0 Å². The lowest BCUT2D eigenvalue weighted by atomic mass is 9.72. The van der Waals surface area contributed by atoms with Crippen LogP contribution < -0.4 is 5.46 Å². The molecule has 0 aliphatic carbocycles. The fourth-order valence-corrected chi connectivity index (χ4v) is 1.16. The van der Waals surface area contributed by atoms with E-state index >= 15 is 0 Å². The van der Waals surface area contributed by atoms with E-state index < -0.39 is 0 Å². The molecule has 2 heteroatoms. The third-order valence-corrected chi connectivity index (χ3v) is 1.78. The molecular formula is C8H12B2. The topological polar surface area (TPSA) is 0 Å². The molecule has 0 bridgehead atoms. The third kappa shape index (κ3) is 1.66. The van der Waals surface area contributed by atoms with Gasteiger partial charge in [0.15, 0.2) is 0 Å². The van der Waals surface area contributed by atoms with Gasteiger partial charge in [0, 0.05) is 0 Å². The van der Waals surface area contributed by atoms with E-state index in [4.69, 9.17) is 0 Å². The molecule has 0 radical (unpaired) electrons. The smallest absolute Gasteiger partial charge is 0.0891 e. The molecular weight excluding hydrogens is 118 g/mol. The molecule has 0 N–H and O–H groups in total. The first kappa shape index (κ1) is 7.46. The first-order chi connectivity index (χ1) is 4.84. The van der Waals surface area contributed by atoms with E-state index in [2.05, 4.69) is 38.9 Å². The van der Waals surface area contributed by atoms with Gasteiger partial charge in [-0.15, -0.1) is 0 Å². The number of hydrogen-bond donors (Lipinski definition) is 0. The average Bonchev–Trinajstić information content (AvgIpc) is 1.94. The van der Waals surface area contributed by atoms with E-state index in [1.165, 1.54) is 24.6 Å². The van der Waals surface area contributed by atoms with Crippen LogP contribution >= 0.6 is 0 Å². The zero-order valence-electron chi connectivity index (χ0n) is 6.72. The van der Waals surface area contributed by atoms with Crippen molar-refractivity contribution in [1.29, 1.82) is 0 Å². The van der Waals surface area contributed by atoms with Gasteiger partial charge in [-0.25, -0.2) is 0 Å². The minimum Gasteiger partial charge on any atom is -0.0891 e. The van der Waals surface area contributed by atoms with Crippen molar-refractivity contribution in [1.82, 2.24) is 0 Å². The van der Waals surface area contributed by atoms with Crippen molar-refractivity contribution in [2.24, 2.45) is 0 Å². The lowest BCUT2D eigenvalue weighted by molar-refractivity contribution is 1.42. The Hall–Kier alpha value is -0.650. The summed E-state index contributed by atoms with van der Waals surface area (Å²) >= 11 is 0. The predicted molar refractivity (Wildman–Crippen MR) is 51.3 cm³/mol. The summed E-state index contributed by atoms with van der Waals surface area (Å²) in [5.74, 6) is 0. The van der Waals surface area contributed by atoms with Crippen molar-refractivity contribution >= 4 is 20.6 Å². The van der Waals surface area contributed by atoms with Gasteiger partial charge in [-0.1, -0.05) is 48.4 Å². The van der Waals surface area contributed by atoms with Crippen LogP contribution in [0.4, 0.5) is 0 Å². The second-order valence-electron chi connectivity index (χ2n) is 2.68. The second-order valence-corrected chi connectivity index (χ2v) is 2.68. The Morgan fingerprint density at radius 3 is 2.70 bits per heavy atom. The number of hydrogen-bond acceptors (Lipinski definition) is 0. The Morgan fingerprint density at radius 1 is 1.40 bits per heavy atom. The number of benzene rings is 1. The summed E-state index contributed by atoms with van der Waals surface area (Å²) < 4.78 is 0. The molecule has 0 nitrogen and oxygen atoms in total. The molecule has 0 unspecified atom stereocenters. The van der Waals surface area contributed by atoms with Gasteiger partial charge in [-0.05, 0) is 0 Å². The Kier molecular flexibility index (Phi) is 2.61. The average molecular weight is 130 g/mol. The van der Waals surface area contributed by atoms with Crippen LogP contribution in [0.3, 0.4) is 0 Å². The Morgan fingerprint density at radius 2 is 2.10 bits per heavy atom. The molecule has 1 aromatic carbocycles. The molecule has 0 aromatic heterocycles. The molecule has 0 spiro atoms. The highest BCUT2D eigenvalue weighted by Gasteiger charge is 1.93. The van der Waals surface area contributed by atoms with E-state index in [-0.39, 0.29) is 0 Å². The lowest BCUT2D eigenvalue weighted by Crippen LogP contribution is -2.10. The Labute approximate surface area is 64.3 Å². The van der Waals surface area contributed by atoms with Crippen LogP contribution in [0.25, 0.3) is 0 Å². The monoisotopic (exact) mass is 130 g/mol. The molecule has 10 heavy (non-hydrogen) atoms. The number of rotatable bonds is 2. The fraction of sp³-hybridized carbons (Fsp3) is 0.250. The van der Waals surface area contributed by atoms with Crippen molar-refractivity contribution in [3.05, 3.63) is 29.8 Å². The lowest BCUT2D eigenvalue weighted by Gasteiger charge is -2.00. The summed E-state index contributed by atoms with van der Waals surface area (Å²) in [6.07, 6.45) is 1.21. The summed E-state index contributed by atoms with van der Waals surface area (Å²) in [6.45, 7) is 2.21. The minimum atomic E-state index is 1.21. The summed E-state index contributed by atoms with van der Waals surface area (Å²) in [6, 6.07) is 8.58. The summed E-state index contributed by atoms with van der Waals surface area (Å²) in [5.41, 5.74) is 2.91. The van der Waals surface area contributed by atoms with E-state index in [9.17, 15) is 0 Å². The standard InChI is InChI=1S/C8H12B2/c1-10-6-7-4-2-3-5-8(7)9/h2-5,10H,6,9H2,1H3. The second kappa shape index (κ2) is 3.50. The quantitative estimate of drug-likeness (QED) is 0.491. The van der Waals surface area contributed by atoms with Gasteiger partial charge < -0.3 is 0 Å². The molecule has 0 aliphatic rings. The Bertz CT molecular complexity index is 208. The van der Waals surface area contributed by atoms with Gasteiger partial charge >= 0.3 is 0 Å². The largest absolute Gasteiger partial charge is 0.139 e. The van der Waals surface area contributed by atoms with E-state index in [1.54, 1.807) is 0 Å². The van der Waals surface area contributed by atoms with E-state index in [0.717, 1.165) is 0 Å². The molecule has 0 aliphatic heterocycles. The Balaban J connectivity index is 2.81. The highest BCUT2D eigenvalue weighted by molar-refractivity contribution is 6.37. The zero-order valence-corrected chi connectivity index (χ0v) is 6.72. The third-order valence-electron chi connectivity index (χ3n) is 1.78. The van der Waals surface area contributed by atoms with Gasteiger partial charge in [0.2, 0.25) is 0 Å². The van der Waals surface area contributed by atoms with Gasteiger partial charge in [0.05, 0.1) is 0 Å². The van der Waals surface area contributed by atoms with Crippen molar-refractivity contribution in [3.63, 3.8) is 0 Å². The van der Waals surface area contributed by atoms with Crippen molar-refractivity contribution in [3.8, 4) is 0 Å². The van der Waals surface area contributed by atoms with Crippen LogP contribution in [-0.4, -0.2) is 15.1 Å². The first-order valence-corrected chi connectivity index (χ1v) is 3.89. The van der Waals surface area contributed by atoms with Crippen molar-refractivity contribution in [2.75, 3.05) is 0 Å². The molecule has 0 atom stereocenters. The van der Waals surface area contributed by atoms with E-state index in [0.29, 0.717) is 0 Å². The van der Waals surface area contributed by atoms with Crippen LogP contribution in [0.15, 0.2) is 24.3 Å². The maximum atomic E-state index is 2.21. The molecule has 0 heterocycles. The van der Waals surface area contributed by atoms with Gasteiger partial charge in [0.1, 0.15) is 15.1 Å². The highest BCUT2D eigenvalue weighted by Crippen LogP contribution is 1.93. The first-order valence-electron chi connectivity index (χ1n) is 3.89. The molecule has 0 fully saturated rings. The van der Waals surface area contributed by atoms with Crippen LogP contribution in [0.2, 0.25) is 6.82 Å². The van der Waals surface area contributed by atoms with Crippen LogP contribution in [0.1, 0.15) is 5.56 Å². The predicted octanol–water partition coefficient (Wildman–Crippen LogP) is -0.0704. The molecule has 1 rings (SSSR count). The summed E-state index contributed by atoms with van der Waals surface area (Å²) in [5, 5.41) is 0. The zero-order chi connectivity index (χ0) is 7.40. The maximum absolute atomic E-state index is 2.21. The molecule has 0 saturated heterocycles. The molecule has 0 saturated carbocycles. The van der Waals surface area contributed by atoms with E-state index in [1.807, 2.05) is 0 Å². The van der Waals surface area contributed by atoms with Gasteiger partial charge in [-0.2, -0.15) is 0 Å². The molecule has 50 valence electrons. The normalized spacial score (nSPS) is 9.30. The van der Waals surface area contributed by atoms with Crippen LogP contribution in [0.5, 0.6) is 0 Å². The van der Waals surface area contributed by atoms with Crippen molar-refractivity contribution < 1.29 is 0 Å². The maximum Gasteiger partial charge on any atom is 0.139 e. The SMILES string of the molecule is Bc1ccccc1CBC. The highest BCUT2D eigenvalue weighted by atomic mass is 13.9. The molecule has 0 amide bonds. The van der Waals surface area contributed by atoms with Gasteiger partial charge in [0.25, 0.3) is 0 Å². The summed E-state index contributed by atoms with van der Waals surface area (Å²) in [4.78, 5) is 0.